The number of ether oxygens (including phenoxy) is 1. The molecule has 1 saturated carbocycles. The first kappa shape index (κ1) is 14.8. The van der Waals surface area contributed by atoms with Crippen molar-refractivity contribution in [3.05, 3.63) is 35.4 Å². The normalized spacial score (nSPS) is 24.6. The van der Waals surface area contributed by atoms with E-state index in [0.717, 1.165) is 36.3 Å². The first-order valence-corrected chi connectivity index (χ1v) is 6.99. The number of hydrogen-bond acceptors (Lipinski definition) is 3. The van der Waals surface area contributed by atoms with Gasteiger partial charge in [0.25, 0.3) is 0 Å². The van der Waals surface area contributed by atoms with Crippen LogP contribution in [0.15, 0.2) is 29.8 Å². The van der Waals surface area contributed by atoms with E-state index in [1.807, 2.05) is 44.4 Å². The van der Waals surface area contributed by atoms with E-state index in [4.69, 9.17) is 4.74 Å². The van der Waals surface area contributed by atoms with Crippen molar-refractivity contribution in [2.45, 2.75) is 19.8 Å². The summed E-state index contributed by atoms with van der Waals surface area (Å²) in [6.07, 6.45) is 3.82. The zero-order chi connectivity index (χ0) is 14.8. The number of nitrogens with zero attached hydrogens (tertiary/aromatic N) is 1. The average Bonchev–Trinajstić information content (AvgIpc) is 2.67. The third-order valence-corrected chi connectivity index (χ3v) is 3.91. The predicted molar refractivity (Wildman–Crippen MR) is 81.9 cm³/mol. The predicted octanol–water partition coefficient (Wildman–Crippen LogP) is 3.01. The van der Waals surface area contributed by atoms with E-state index in [1.165, 1.54) is 0 Å². The fourth-order valence-electron chi connectivity index (χ4n) is 2.91. The fraction of sp³-hybridized carbons (Fsp3) is 0.471. The summed E-state index contributed by atoms with van der Waals surface area (Å²) >= 11 is 0. The van der Waals surface area contributed by atoms with Crippen molar-refractivity contribution >= 4 is 11.9 Å². The van der Waals surface area contributed by atoms with Gasteiger partial charge in [-0.1, -0.05) is 19.1 Å². The Morgan fingerprint density at radius 3 is 2.50 bits per heavy atom. The second-order valence-electron chi connectivity index (χ2n) is 6.07. The Kier molecular flexibility index (Phi) is 4.29. The first-order chi connectivity index (χ1) is 9.44. The van der Waals surface area contributed by atoms with Gasteiger partial charge in [0.2, 0.25) is 0 Å². The highest BCUT2D eigenvalue weighted by atomic mass is 16.5. The summed E-state index contributed by atoms with van der Waals surface area (Å²) in [6, 6.07) is 7.82. The molecule has 3 nitrogen and oxygen atoms in total. The van der Waals surface area contributed by atoms with Crippen molar-refractivity contribution in [1.29, 1.82) is 0 Å². The van der Waals surface area contributed by atoms with Crippen LogP contribution in [0.5, 0.6) is 5.75 Å². The largest absolute Gasteiger partial charge is 0.497 e. The maximum atomic E-state index is 12.6. The number of carbonyl (C=O) groups is 1. The van der Waals surface area contributed by atoms with Crippen molar-refractivity contribution in [1.82, 2.24) is 4.90 Å². The molecular formula is C17H23NO2. The van der Waals surface area contributed by atoms with Crippen LogP contribution in [0.4, 0.5) is 0 Å². The second kappa shape index (κ2) is 5.80. The fourth-order valence-corrected chi connectivity index (χ4v) is 2.91. The molecule has 1 fully saturated rings. The summed E-state index contributed by atoms with van der Waals surface area (Å²) in [5.74, 6) is 1.13. The molecule has 1 aromatic carbocycles. The number of ketones is 1. The third-order valence-electron chi connectivity index (χ3n) is 3.91. The SMILES string of the molecule is COc1ccc(/C=C2\CC[C@@](C)(CN(C)C)C2=O)cc1. The molecule has 0 saturated heterocycles. The maximum absolute atomic E-state index is 12.6. The second-order valence-corrected chi connectivity index (χ2v) is 6.07. The van der Waals surface area contributed by atoms with Crippen LogP contribution in [0, 0.1) is 5.41 Å². The molecule has 0 aliphatic heterocycles. The van der Waals surface area contributed by atoms with Gasteiger partial charge in [-0.3, -0.25) is 4.79 Å². The maximum Gasteiger partial charge on any atom is 0.166 e. The van der Waals surface area contributed by atoms with Crippen LogP contribution >= 0.6 is 0 Å². The minimum absolute atomic E-state index is 0.234. The molecule has 0 N–H and O–H groups in total. The molecule has 0 amide bonds. The van der Waals surface area contributed by atoms with Gasteiger partial charge in [-0.05, 0) is 56.3 Å². The quantitative estimate of drug-likeness (QED) is 0.790. The lowest BCUT2D eigenvalue weighted by Crippen LogP contribution is -2.34. The lowest BCUT2D eigenvalue weighted by atomic mass is 9.86. The van der Waals surface area contributed by atoms with E-state index >= 15 is 0 Å². The van der Waals surface area contributed by atoms with Crippen LogP contribution in [-0.4, -0.2) is 38.4 Å². The molecule has 0 unspecified atom stereocenters. The summed E-state index contributed by atoms with van der Waals surface area (Å²) in [5, 5.41) is 0. The molecule has 1 aromatic rings. The zero-order valence-electron chi connectivity index (χ0n) is 12.8. The van der Waals surface area contributed by atoms with Crippen molar-refractivity contribution in [3.8, 4) is 5.75 Å². The van der Waals surface area contributed by atoms with Gasteiger partial charge in [-0.2, -0.15) is 0 Å². The molecule has 3 heteroatoms. The molecule has 1 atom stereocenters. The number of hydrogen-bond donors (Lipinski definition) is 0. The van der Waals surface area contributed by atoms with Gasteiger partial charge in [0.1, 0.15) is 5.75 Å². The van der Waals surface area contributed by atoms with Gasteiger partial charge in [0.05, 0.1) is 7.11 Å². The van der Waals surface area contributed by atoms with Gasteiger partial charge in [0.15, 0.2) is 5.78 Å². The Bertz CT molecular complexity index is 516. The summed E-state index contributed by atoms with van der Waals surface area (Å²) < 4.78 is 5.14. The molecular weight excluding hydrogens is 250 g/mol. The number of methoxy groups -OCH3 is 1. The molecule has 108 valence electrons. The summed E-state index contributed by atoms with van der Waals surface area (Å²) in [4.78, 5) is 14.7. The molecule has 1 aliphatic carbocycles. The lowest BCUT2D eigenvalue weighted by molar-refractivity contribution is -0.122. The summed E-state index contributed by atoms with van der Waals surface area (Å²) in [7, 11) is 5.69. The van der Waals surface area contributed by atoms with E-state index in [2.05, 4.69) is 11.8 Å². The Morgan fingerprint density at radius 1 is 1.30 bits per heavy atom. The summed E-state index contributed by atoms with van der Waals surface area (Å²) in [6.45, 7) is 2.88. The van der Waals surface area contributed by atoms with E-state index in [9.17, 15) is 4.79 Å². The Hall–Kier alpha value is -1.61. The highest BCUT2D eigenvalue weighted by Crippen LogP contribution is 2.39. The van der Waals surface area contributed by atoms with E-state index in [1.54, 1.807) is 7.11 Å². The molecule has 0 spiro atoms. The van der Waals surface area contributed by atoms with Crippen LogP contribution in [0.1, 0.15) is 25.3 Å². The van der Waals surface area contributed by atoms with E-state index in [0.29, 0.717) is 5.78 Å². The monoisotopic (exact) mass is 273 g/mol. The highest BCUT2D eigenvalue weighted by molar-refractivity contribution is 6.05. The van der Waals surface area contributed by atoms with Gasteiger partial charge in [-0.15, -0.1) is 0 Å². The lowest BCUT2D eigenvalue weighted by Gasteiger charge is -2.25. The Labute approximate surface area is 121 Å². The standard InChI is InChI=1S/C17H23NO2/c1-17(12-18(2)3)10-9-14(16(17)19)11-13-5-7-15(20-4)8-6-13/h5-8,11H,9-10,12H2,1-4H3/b14-11+/t17-/m0/s1. The number of carbonyl (C=O) groups excluding carboxylic acids is 1. The number of Topliss-reactive ketones (excluding diaryl/α,β-unsaturated/α-hetero) is 1. The van der Waals surface area contributed by atoms with Crippen LogP contribution in [0.25, 0.3) is 6.08 Å². The minimum Gasteiger partial charge on any atom is -0.497 e. The topological polar surface area (TPSA) is 29.5 Å². The average molecular weight is 273 g/mol. The van der Waals surface area contributed by atoms with Gasteiger partial charge >= 0.3 is 0 Å². The minimum atomic E-state index is -0.234. The van der Waals surface area contributed by atoms with Crippen molar-refractivity contribution in [2.75, 3.05) is 27.7 Å². The highest BCUT2D eigenvalue weighted by Gasteiger charge is 2.40. The first-order valence-electron chi connectivity index (χ1n) is 6.99. The van der Waals surface area contributed by atoms with Crippen molar-refractivity contribution in [3.63, 3.8) is 0 Å². The van der Waals surface area contributed by atoms with Crippen LogP contribution in [0.2, 0.25) is 0 Å². The van der Waals surface area contributed by atoms with Gasteiger partial charge in [-0.25, -0.2) is 0 Å². The number of allylic oxidation sites excluding steroid dienone is 1. The smallest absolute Gasteiger partial charge is 0.166 e. The van der Waals surface area contributed by atoms with E-state index in [-0.39, 0.29) is 5.41 Å². The summed E-state index contributed by atoms with van der Waals surface area (Å²) in [5.41, 5.74) is 1.77. The molecule has 0 heterocycles. The number of benzene rings is 1. The molecule has 0 bridgehead atoms. The number of rotatable bonds is 4. The molecule has 0 aromatic heterocycles. The van der Waals surface area contributed by atoms with Crippen LogP contribution in [0.3, 0.4) is 0 Å². The zero-order valence-corrected chi connectivity index (χ0v) is 12.8. The molecule has 1 aliphatic rings. The molecule has 2 rings (SSSR count). The molecule has 20 heavy (non-hydrogen) atoms. The third kappa shape index (κ3) is 3.10. The van der Waals surface area contributed by atoms with Crippen LogP contribution in [-0.2, 0) is 4.79 Å². The Morgan fingerprint density at radius 2 is 1.95 bits per heavy atom. The Balaban J connectivity index is 2.17. The van der Waals surface area contributed by atoms with Gasteiger partial charge in [0, 0.05) is 12.0 Å². The molecule has 0 radical (unpaired) electrons. The van der Waals surface area contributed by atoms with Gasteiger partial charge < -0.3 is 9.64 Å². The van der Waals surface area contributed by atoms with E-state index < -0.39 is 0 Å². The van der Waals surface area contributed by atoms with Crippen molar-refractivity contribution in [2.24, 2.45) is 5.41 Å². The van der Waals surface area contributed by atoms with Crippen LogP contribution < -0.4 is 4.74 Å². The van der Waals surface area contributed by atoms with Crippen molar-refractivity contribution < 1.29 is 9.53 Å².